The monoisotopic (exact) mass is 447 g/mol. The average Bonchev–Trinajstić information content (AvgIpc) is 2.71. The van der Waals surface area contributed by atoms with Crippen LogP contribution in [0.3, 0.4) is 0 Å². The summed E-state index contributed by atoms with van der Waals surface area (Å²) in [6.07, 6.45) is 0.0845. The lowest BCUT2D eigenvalue weighted by Crippen LogP contribution is -2.21. The van der Waals surface area contributed by atoms with E-state index < -0.39 is 0 Å². The van der Waals surface area contributed by atoms with E-state index in [0.29, 0.717) is 22.9 Å². The van der Waals surface area contributed by atoms with Crippen molar-refractivity contribution in [2.24, 2.45) is 5.10 Å². The van der Waals surface area contributed by atoms with Gasteiger partial charge in [-0.1, -0.05) is 15.9 Å². The Labute approximate surface area is 172 Å². The van der Waals surface area contributed by atoms with Crippen molar-refractivity contribution in [1.29, 1.82) is 0 Å². The molecule has 2 rings (SSSR count). The smallest absolute Gasteiger partial charge is 0.240 e. The number of ether oxygens (including phenoxy) is 2. The molecule has 0 aliphatic heterocycles. The number of carbonyl (C=O) groups is 2. The van der Waals surface area contributed by atoms with Gasteiger partial charge in [0.05, 0.1) is 19.9 Å². The fraction of sp³-hybridized carbons (Fsp3) is 0.250. The maximum atomic E-state index is 12.0. The maximum Gasteiger partial charge on any atom is 0.240 e. The average molecular weight is 448 g/mol. The molecule has 0 aliphatic rings. The van der Waals surface area contributed by atoms with E-state index in [1.54, 1.807) is 51.5 Å². The second-order valence-corrected chi connectivity index (χ2v) is 6.77. The van der Waals surface area contributed by atoms with Crippen molar-refractivity contribution in [1.82, 2.24) is 5.43 Å². The van der Waals surface area contributed by atoms with E-state index in [1.807, 2.05) is 12.1 Å². The number of benzene rings is 2. The summed E-state index contributed by atoms with van der Waals surface area (Å²) < 4.78 is 11.4. The Balaban J connectivity index is 1.87. The highest BCUT2D eigenvalue weighted by atomic mass is 79.9. The summed E-state index contributed by atoms with van der Waals surface area (Å²) in [4.78, 5) is 23.9. The van der Waals surface area contributed by atoms with Crippen molar-refractivity contribution in [2.75, 3.05) is 19.5 Å². The first kappa shape index (κ1) is 21.4. The third-order valence-corrected chi connectivity index (χ3v) is 4.38. The van der Waals surface area contributed by atoms with Crippen LogP contribution in [-0.2, 0) is 9.59 Å². The van der Waals surface area contributed by atoms with E-state index in [0.717, 1.165) is 10.0 Å². The normalized spacial score (nSPS) is 10.9. The van der Waals surface area contributed by atoms with Gasteiger partial charge in [0.15, 0.2) is 0 Å². The van der Waals surface area contributed by atoms with Crippen molar-refractivity contribution in [3.63, 3.8) is 0 Å². The zero-order chi connectivity index (χ0) is 20.5. The van der Waals surface area contributed by atoms with E-state index in [1.165, 1.54) is 0 Å². The molecule has 2 aromatic rings. The highest BCUT2D eigenvalue weighted by Crippen LogP contribution is 2.25. The molecule has 0 aliphatic carbocycles. The number of hydrogen-bond donors (Lipinski definition) is 2. The molecule has 0 atom stereocenters. The molecule has 2 aromatic carbocycles. The lowest BCUT2D eigenvalue weighted by Gasteiger charge is -2.10. The number of hydrazone groups is 1. The van der Waals surface area contributed by atoms with Crippen LogP contribution in [0.15, 0.2) is 52.0 Å². The van der Waals surface area contributed by atoms with E-state index in [4.69, 9.17) is 9.47 Å². The number of nitrogens with zero attached hydrogens (tertiary/aromatic N) is 1. The van der Waals surface area contributed by atoms with E-state index in [2.05, 4.69) is 31.8 Å². The predicted molar refractivity (Wildman–Crippen MR) is 112 cm³/mol. The summed E-state index contributed by atoms with van der Waals surface area (Å²) in [5, 5.41) is 6.83. The number of amides is 2. The molecule has 0 fully saturated rings. The lowest BCUT2D eigenvalue weighted by molar-refractivity contribution is -0.124. The van der Waals surface area contributed by atoms with Crippen LogP contribution in [0.5, 0.6) is 11.5 Å². The zero-order valence-electron chi connectivity index (χ0n) is 15.9. The van der Waals surface area contributed by atoms with Crippen LogP contribution >= 0.6 is 15.9 Å². The lowest BCUT2D eigenvalue weighted by atomic mass is 10.1. The fourth-order valence-electron chi connectivity index (χ4n) is 2.34. The van der Waals surface area contributed by atoms with Gasteiger partial charge < -0.3 is 14.8 Å². The van der Waals surface area contributed by atoms with E-state index in [9.17, 15) is 9.59 Å². The number of halogens is 1. The second-order valence-electron chi connectivity index (χ2n) is 5.85. The van der Waals surface area contributed by atoms with Crippen LogP contribution in [-0.4, -0.2) is 31.7 Å². The van der Waals surface area contributed by atoms with Crippen molar-refractivity contribution in [3.05, 3.63) is 52.5 Å². The first-order valence-electron chi connectivity index (χ1n) is 8.54. The van der Waals surface area contributed by atoms with Gasteiger partial charge in [-0.25, -0.2) is 5.43 Å². The van der Waals surface area contributed by atoms with Crippen LogP contribution in [0, 0.1) is 0 Å². The Morgan fingerprint density at radius 3 is 2.32 bits per heavy atom. The molecule has 0 unspecified atom stereocenters. The summed E-state index contributed by atoms with van der Waals surface area (Å²) in [5.41, 5.74) is 4.45. The van der Waals surface area contributed by atoms with Gasteiger partial charge in [0.2, 0.25) is 11.8 Å². The number of anilines is 1. The molecule has 0 aromatic heterocycles. The summed E-state index contributed by atoms with van der Waals surface area (Å²) in [6, 6.07) is 12.5. The third kappa shape index (κ3) is 6.38. The van der Waals surface area contributed by atoms with Gasteiger partial charge in [0, 0.05) is 34.6 Å². The molecule has 8 heteroatoms. The number of carbonyl (C=O) groups excluding carboxylic acids is 2. The van der Waals surface area contributed by atoms with Crippen LogP contribution < -0.4 is 20.2 Å². The van der Waals surface area contributed by atoms with Gasteiger partial charge in [0.1, 0.15) is 11.5 Å². The minimum atomic E-state index is -0.349. The van der Waals surface area contributed by atoms with E-state index in [-0.39, 0.29) is 24.7 Å². The van der Waals surface area contributed by atoms with Crippen molar-refractivity contribution < 1.29 is 19.1 Å². The topological polar surface area (TPSA) is 89.0 Å². The van der Waals surface area contributed by atoms with Gasteiger partial charge in [-0.15, -0.1) is 0 Å². The van der Waals surface area contributed by atoms with Gasteiger partial charge in [-0.3, -0.25) is 9.59 Å². The van der Waals surface area contributed by atoms with Gasteiger partial charge in [-0.05, 0) is 43.3 Å². The molecule has 0 heterocycles. The maximum absolute atomic E-state index is 12.0. The number of methoxy groups -OCH3 is 2. The Bertz CT molecular complexity index is 866. The van der Waals surface area contributed by atoms with Crippen LogP contribution in [0.25, 0.3) is 0 Å². The van der Waals surface area contributed by atoms with Crippen molar-refractivity contribution in [3.8, 4) is 11.5 Å². The minimum absolute atomic E-state index is 0.0267. The third-order valence-electron chi connectivity index (χ3n) is 3.85. The molecule has 0 bridgehead atoms. The van der Waals surface area contributed by atoms with Crippen molar-refractivity contribution >= 4 is 39.1 Å². The number of rotatable bonds is 8. The molecule has 0 radical (unpaired) electrons. The largest absolute Gasteiger partial charge is 0.497 e. The first-order valence-corrected chi connectivity index (χ1v) is 9.33. The van der Waals surface area contributed by atoms with Gasteiger partial charge in [0.25, 0.3) is 0 Å². The second kappa shape index (κ2) is 10.5. The van der Waals surface area contributed by atoms with Crippen LogP contribution in [0.1, 0.15) is 25.3 Å². The summed E-state index contributed by atoms with van der Waals surface area (Å²) >= 11 is 3.33. The quantitative estimate of drug-likeness (QED) is 0.476. The zero-order valence-corrected chi connectivity index (χ0v) is 17.5. The molecular weight excluding hydrogens is 426 g/mol. The Kier molecular flexibility index (Phi) is 8.01. The Morgan fingerprint density at radius 1 is 1.00 bits per heavy atom. The molecule has 0 saturated carbocycles. The van der Waals surface area contributed by atoms with Crippen molar-refractivity contribution in [2.45, 2.75) is 19.8 Å². The van der Waals surface area contributed by atoms with Crippen LogP contribution in [0.2, 0.25) is 0 Å². The first-order chi connectivity index (χ1) is 13.4. The summed E-state index contributed by atoms with van der Waals surface area (Å²) in [7, 11) is 3.12. The minimum Gasteiger partial charge on any atom is -0.497 e. The highest BCUT2D eigenvalue weighted by Gasteiger charge is 2.10. The molecule has 2 N–H and O–H groups in total. The van der Waals surface area contributed by atoms with Gasteiger partial charge in [-0.2, -0.15) is 5.10 Å². The number of hydrogen-bond acceptors (Lipinski definition) is 5. The fourth-order valence-corrected chi connectivity index (χ4v) is 2.61. The highest BCUT2D eigenvalue weighted by molar-refractivity contribution is 9.10. The van der Waals surface area contributed by atoms with Gasteiger partial charge >= 0.3 is 0 Å². The summed E-state index contributed by atoms with van der Waals surface area (Å²) in [6.45, 7) is 1.75. The molecule has 148 valence electrons. The summed E-state index contributed by atoms with van der Waals surface area (Å²) in [5.74, 6) is 0.658. The molecule has 2 amide bonds. The molecular formula is C20H22BrN3O4. The molecule has 28 heavy (non-hydrogen) atoms. The molecule has 7 nitrogen and oxygen atoms in total. The standard InChI is InChI=1S/C20H22BrN3O4/c1-13(17-9-8-16(27-2)12-18(17)28-3)23-24-20(26)11-10-19(25)22-15-6-4-14(21)5-7-15/h4-9,12H,10-11H2,1-3H3,(H,22,25)(H,24,26). The van der Waals surface area contributed by atoms with E-state index >= 15 is 0 Å². The number of nitrogens with one attached hydrogen (secondary N) is 2. The molecule has 0 spiro atoms. The SMILES string of the molecule is COc1ccc(C(C)=NNC(=O)CCC(=O)Nc2ccc(Br)cc2)c(OC)c1. The molecule has 0 saturated heterocycles. The predicted octanol–water partition coefficient (Wildman–Crippen LogP) is 3.73. The van der Waals surface area contributed by atoms with Crippen LogP contribution in [0.4, 0.5) is 5.69 Å². The Hall–Kier alpha value is -2.87. The Morgan fingerprint density at radius 2 is 1.68 bits per heavy atom.